The lowest BCUT2D eigenvalue weighted by Crippen LogP contribution is -2.42. The summed E-state index contributed by atoms with van der Waals surface area (Å²) in [6, 6.07) is -0.176. The molecule has 1 rings (SSSR count). The molecule has 0 bridgehead atoms. The standard InChI is InChI=1S/C9H16N2O3/c1-6-2-3-7(4-6)11-9(14)10-5-8(12)13/h6-7H,2-5H2,1H3,(H,12,13)(H2,10,11,14). The van der Waals surface area contributed by atoms with Gasteiger partial charge in [0, 0.05) is 6.04 Å². The molecule has 5 heteroatoms. The number of rotatable bonds is 3. The lowest BCUT2D eigenvalue weighted by atomic mass is 10.1. The summed E-state index contributed by atoms with van der Waals surface area (Å²) in [5.41, 5.74) is 0. The van der Waals surface area contributed by atoms with E-state index in [0.717, 1.165) is 19.3 Å². The van der Waals surface area contributed by atoms with Crippen molar-refractivity contribution in [3.63, 3.8) is 0 Å². The van der Waals surface area contributed by atoms with Crippen molar-refractivity contribution in [3.8, 4) is 0 Å². The van der Waals surface area contributed by atoms with Gasteiger partial charge in [-0.1, -0.05) is 6.92 Å². The molecule has 80 valence electrons. The van der Waals surface area contributed by atoms with Crippen LogP contribution in [0.1, 0.15) is 26.2 Å². The number of hydrogen-bond donors (Lipinski definition) is 3. The van der Waals surface area contributed by atoms with Crippen LogP contribution >= 0.6 is 0 Å². The predicted octanol–water partition coefficient (Wildman–Crippen LogP) is 0.559. The van der Waals surface area contributed by atoms with E-state index in [2.05, 4.69) is 17.6 Å². The molecule has 0 aromatic carbocycles. The maximum absolute atomic E-state index is 11.1. The van der Waals surface area contributed by atoms with Gasteiger partial charge in [0.1, 0.15) is 6.54 Å². The second-order valence-electron chi connectivity index (χ2n) is 3.84. The van der Waals surface area contributed by atoms with Crippen molar-refractivity contribution in [3.05, 3.63) is 0 Å². The van der Waals surface area contributed by atoms with E-state index < -0.39 is 5.97 Å². The highest BCUT2D eigenvalue weighted by Gasteiger charge is 2.22. The summed E-state index contributed by atoms with van der Waals surface area (Å²) in [7, 11) is 0. The minimum absolute atomic E-state index is 0.207. The Bertz CT molecular complexity index is 230. The maximum Gasteiger partial charge on any atom is 0.323 e. The van der Waals surface area contributed by atoms with E-state index in [1.54, 1.807) is 0 Å². The lowest BCUT2D eigenvalue weighted by Gasteiger charge is -2.12. The number of nitrogens with one attached hydrogen (secondary N) is 2. The second-order valence-corrected chi connectivity index (χ2v) is 3.84. The van der Waals surface area contributed by atoms with E-state index in [1.807, 2.05) is 0 Å². The lowest BCUT2D eigenvalue weighted by molar-refractivity contribution is -0.135. The number of urea groups is 1. The summed E-state index contributed by atoms with van der Waals surface area (Å²) in [5, 5.41) is 13.3. The van der Waals surface area contributed by atoms with Crippen LogP contribution in [0.3, 0.4) is 0 Å². The van der Waals surface area contributed by atoms with Crippen molar-refractivity contribution < 1.29 is 14.7 Å². The van der Waals surface area contributed by atoms with Gasteiger partial charge in [0.25, 0.3) is 0 Å². The zero-order valence-electron chi connectivity index (χ0n) is 8.25. The zero-order valence-corrected chi connectivity index (χ0v) is 8.25. The Labute approximate surface area is 82.9 Å². The number of amides is 2. The van der Waals surface area contributed by atoms with E-state index in [-0.39, 0.29) is 18.6 Å². The summed E-state index contributed by atoms with van der Waals surface area (Å²) < 4.78 is 0. The first-order chi connectivity index (χ1) is 6.58. The largest absolute Gasteiger partial charge is 0.480 e. The molecule has 0 heterocycles. The minimum atomic E-state index is -1.03. The van der Waals surface area contributed by atoms with Crippen molar-refractivity contribution in [1.29, 1.82) is 0 Å². The Kier molecular flexibility index (Phi) is 3.73. The summed E-state index contributed by atoms with van der Waals surface area (Å²) in [5.74, 6) is -0.375. The van der Waals surface area contributed by atoms with Gasteiger partial charge in [-0.2, -0.15) is 0 Å². The van der Waals surface area contributed by atoms with Crippen LogP contribution in [-0.2, 0) is 4.79 Å². The SMILES string of the molecule is CC1CCC(NC(=O)NCC(=O)O)C1. The number of hydrogen-bond acceptors (Lipinski definition) is 2. The van der Waals surface area contributed by atoms with Gasteiger partial charge in [-0.25, -0.2) is 4.79 Å². The van der Waals surface area contributed by atoms with E-state index >= 15 is 0 Å². The first kappa shape index (κ1) is 10.8. The van der Waals surface area contributed by atoms with Gasteiger partial charge < -0.3 is 15.7 Å². The zero-order chi connectivity index (χ0) is 10.6. The van der Waals surface area contributed by atoms with Gasteiger partial charge >= 0.3 is 12.0 Å². The van der Waals surface area contributed by atoms with E-state index in [1.165, 1.54) is 0 Å². The maximum atomic E-state index is 11.1. The Hall–Kier alpha value is -1.26. The number of aliphatic carboxylic acids is 1. The molecule has 0 aliphatic heterocycles. The van der Waals surface area contributed by atoms with E-state index in [4.69, 9.17) is 5.11 Å². The molecule has 0 spiro atoms. The quantitative estimate of drug-likeness (QED) is 0.622. The molecule has 0 aromatic rings. The average molecular weight is 200 g/mol. The molecular weight excluding hydrogens is 184 g/mol. The van der Waals surface area contributed by atoms with Crippen molar-refractivity contribution in [2.75, 3.05) is 6.54 Å². The number of carbonyl (C=O) groups excluding carboxylic acids is 1. The Balaban J connectivity index is 2.17. The van der Waals surface area contributed by atoms with Gasteiger partial charge in [-0.05, 0) is 25.2 Å². The smallest absolute Gasteiger partial charge is 0.323 e. The fourth-order valence-electron chi connectivity index (χ4n) is 1.73. The molecule has 3 N–H and O–H groups in total. The molecule has 0 radical (unpaired) electrons. The van der Waals surface area contributed by atoms with Crippen molar-refractivity contribution in [1.82, 2.24) is 10.6 Å². The molecule has 2 atom stereocenters. The molecule has 0 saturated heterocycles. The molecular formula is C9H16N2O3. The molecule has 1 saturated carbocycles. The van der Waals surface area contributed by atoms with Crippen LogP contribution in [0.25, 0.3) is 0 Å². The van der Waals surface area contributed by atoms with Gasteiger partial charge in [-0.15, -0.1) is 0 Å². The molecule has 1 aliphatic carbocycles. The van der Waals surface area contributed by atoms with Crippen LogP contribution in [-0.4, -0.2) is 29.7 Å². The first-order valence-electron chi connectivity index (χ1n) is 4.84. The monoisotopic (exact) mass is 200 g/mol. The topological polar surface area (TPSA) is 78.4 Å². The second kappa shape index (κ2) is 4.83. The van der Waals surface area contributed by atoms with Crippen molar-refractivity contribution in [2.45, 2.75) is 32.2 Å². The van der Waals surface area contributed by atoms with Crippen molar-refractivity contribution in [2.24, 2.45) is 5.92 Å². The Morgan fingerprint density at radius 2 is 2.14 bits per heavy atom. The Morgan fingerprint density at radius 3 is 2.64 bits per heavy atom. The minimum Gasteiger partial charge on any atom is -0.480 e. The van der Waals surface area contributed by atoms with E-state index in [9.17, 15) is 9.59 Å². The molecule has 2 amide bonds. The third-order valence-electron chi connectivity index (χ3n) is 2.43. The van der Waals surface area contributed by atoms with Gasteiger partial charge in [0.2, 0.25) is 0 Å². The third kappa shape index (κ3) is 3.64. The van der Waals surface area contributed by atoms with Crippen LogP contribution in [0.15, 0.2) is 0 Å². The molecule has 1 fully saturated rings. The molecule has 1 aliphatic rings. The fourth-order valence-corrected chi connectivity index (χ4v) is 1.73. The molecule has 0 aromatic heterocycles. The fraction of sp³-hybridized carbons (Fsp3) is 0.778. The van der Waals surface area contributed by atoms with Crippen LogP contribution in [0.5, 0.6) is 0 Å². The Morgan fingerprint density at radius 1 is 1.43 bits per heavy atom. The van der Waals surface area contributed by atoms with Crippen LogP contribution in [0.4, 0.5) is 4.79 Å². The van der Waals surface area contributed by atoms with Gasteiger partial charge in [0.05, 0.1) is 0 Å². The first-order valence-corrected chi connectivity index (χ1v) is 4.84. The van der Waals surface area contributed by atoms with Crippen molar-refractivity contribution >= 4 is 12.0 Å². The number of carboxylic acid groups (broad SMARTS) is 1. The van der Waals surface area contributed by atoms with Gasteiger partial charge in [0.15, 0.2) is 0 Å². The predicted molar refractivity (Wildman–Crippen MR) is 51.0 cm³/mol. The van der Waals surface area contributed by atoms with Crippen LogP contribution in [0, 0.1) is 5.92 Å². The highest BCUT2D eigenvalue weighted by Crippen LogP contribution is 2.24. The molecule has 2 unspecified atom stereocenters. The van der Waals surface area contributed by atoms with Crippen LogP contribution < -0.4 is 10.6 Å². The molecule has 14 heavy (non-hydrogen) atoms. The molecule has 5 nitrogen and oxygen atoms in total. The normalized spacial score (nSPS) is 25.8. The summed E-state index contributed by atoms with van der Waals surface area (Å²) in [6.07, 6.45) is 3.10. The average Bonchev–Trinajstić information content (AvgIpc) is 2.48. The number of carboxylic acids is 1. The summed E-state index contributed by atoms with van der Waals surface area (Å²) in [6.45, 7) is 1.82. The van der Waals surface area contributed by atoms with Crippen LogP contribution in [0.2, 0.25) is 0 Å². The highest BCUT2D eigenvalue weighted by atomic mass is 16.4. The highest BCUT2D eigenvalue weighted by molar-refractivity contribution is 5.79. The van der Waals surface area contributed by atoms with Gasteiger partial charge in [-0.3, -0.25) is 4.79 Å². The number of carbonyl (C=O) groups is 2. The summed E-state index contributed by atoms with van der Waals surface area (Å²) in [4.78, 5) is 21.3. The summed E-state index contributed by atoms with van der Waals surface area (Å²) >= 11 is 0. The van der Waals surface area contributed by atoms with E-state index in [0.29, 0.717) is 5.92 Å². The third-order valence-corrected chi connectivity index (χ3v) is 2.43.